The standard InChI is InChI=1S/C13H18FNO/c1-15-12(13-6-3-7-16-13)9-10-4-2-5-11(14)8-10/h2,4-5,8,12-13,15H,3,6-7,9H2,1H3. The Morgan fingerprint density at radius 2 is 2.44 bits per heavy atom. The molecule has 2 nitrogen and oxygen atoms in total. The van der Waals surface area contributed by atoms with Crippen LogP contribution < -0.4 is 5.32 Å². The molecule has 88 valence electrons. The highest BCUT2D eigenvalue weighted by Gasteiger charge is 2.24. The third-order valence-electron chi connectivity index (χ3n) is 3.13. The summed E-state index contributed by atoms with van der Waals surface area (Å²) in [7, 11) is 1.94. The maximum absolute atomic E-state index is 13.0. The van der Waals surface area contributed by atoms with Crippen molar-refractivity contribution in [3.8, 4) is 0 Å². The monoisotopic (exact) mass is 223 g/mol. The number of likely N-dealkylation sites (N-methyl/N-ethyl adjacent to an activating group) is 1. The Morgan fingerprint density at radius 1 is 1.56 bits per heavy atom. The summed E-state index contributed by atoms with van der Waals surface area (Å²) in [6.07, 6.45) is 3.32. The molecule has 0 bridgehead atoms. The molecule has 0 radical (unpaired) electrons. The smallest absolute Gasteiger partial charge is 0.123 e. The zero-order valence-corrected chi connectivity index (χ0v) is 9.58. The number of halogens is 1. The molecule has 1 heterocycles. The molecule has 1 saturated heterocycles. The molecule has 1 aromatic rings. The Hall–Kier alpha value is -0.930. The number of benzene rings is 1. The van der Waals surface area contributed by atoms with Crippen molar-refractivity contribution in [3.05, 3.63) is 35.6 Å². The van der Waals surface area contributed by atoms with Crippen molar-refractivity contribution in [2.75, 3.05) is 13.7 Å². The van der Waals surface area contributed by atoms with E-state index in [2.05, 4.69) is 5.32 Å². The van der Waals surface area contributed by atoms with E-state index < -0.39 is 0 Å². The highest BCUT2D eigenvalue weighted by molar-refractivity contribution is 5.17. The number of hydrogen-bond donors (Lipinski definition) is 1. The molecule has 0 spiro atoms. The largest absolute Gasteiger partial charge is 0.377 e. The first-order valence-electron chi connectivity index (χ1n) is 5.83. The fourth-order valence-electron chi connectivity index (χ4n) is 2.26. The minimum atomic E-state index is -0.167. The van der Waals surface area contributed by atoms with Crippen LogP contribution in [0.4, 0.5) is 4.39 Å². The number of nitrogens with one attached hydrogen (secondary N) is 1. The van der Waals surface area contributed by atoms with Gasteiger partial charge in [-0.25, -0.2) is 4.39 Å². The van der Waals surface area contributed by atoms with E-state index in [1.165, 1.54) is 6.07 Å². The molecule has 2 unspecified atom stereocenters. The van der Waals surface area contributed by atoms with Gasteiger partial charge >= 0.3 is 0 Å². The predicted molar refractivity (Wildman–Crippen MR) is 61.9 cm³/mol. The lowest BCUT2D eigenvalue weighted by Gasteiger charge is -2.22. The summed E-state index contributed by atoms with van der Waals surface area (Å²) in [5.74, 6) is -0.167. The van der Waals surface area contributed by atoms with Crippen LogP contribution in [-0.4, -0.2) is 25.8 Å². The second-order valence-electron chi connectivity index (χ2n) is 4.28. The molecule has 0 aliphatic carbocycles. The van der Waals surface area contributed by atoms with E-state index in [4.69, 9.17) is 4.74 Å². The van der Waals surface area contributed by atoms with Crippen molar-refractivity contribution in [1.29, 1.82) is 0 Å². The summed E-state index contributed by atoms with van der Waals surface area (Å²) in [5.41, 5.74) is 1.02. The van der Waals surface area contributed by atoms with Crippen LogP contribution >= 0.6 is 0 Å². The Balaban J connectivity index is 2.00. The highest BCUT2D eigenvalue weighted by atomic mass is 19.1. The zero-order valence-electron chi connectivity index (χ0n) is 9.58. The van der Waals surface area contributed by atoms with Gasteiger partial charge in [0.1, 0.15) is 5.82 Å². The molecule has 16 heavy (non-hydrogen) atoms. The lowest BCUT2D eigenvalue weighted by atomic mass is 9.99. The molecule has 1 aliphatic heterocycles. The second kappa shape index (κ2) is 5.41. The molecule has 0 saturated carbocycles. The molecular weight excluding hydrogens is 205 g/mol. The van der Waals surface area contributed by atoms with Crippen molar-refractivity contribution in [3.63, 3.8) is 0 Å². The fourth-order valence-corrected chi connectivity index (χ4v) is 2.26. The minimum absolute atomic E-state index is 0.167. The van der Waals surface area contributed by atoms with Gasteiger partial charge in [-0.05, 0) is 44.0 Å². The van der Waals surface area contributed by atoms with E-state index >= 15 is 0 Å². The second-order valence-corrected chi connectivity index (χ2v) is 4.28. The van der Waals surface area contributed by atoms with Crippen LogP contribution in [0.1, 0.15) is 18.4 Å². The number of rotatable bonds is 4. The van der Waals surface area contributed by atoms with E-state index in [1.54, 1.807) is 12.1 Å². The first-order valence-corrected chi connectivity index (χ1v) is 5.83. The third-order valence-corrected chi connectivity index (χ3v) is 3.13. The molecule has 2 atom stereocenters. The maximum Gasteiger partial charge on any atom is 0.123 e. The summed E-state index contributed by atoms with van der Waals surface area (Å²) in [6, 6.07) is 7.07. The first kappa shape index (κ1) is 11.6. The van der Waals surface area contributed by atoms with E-state index in [1.807, 2.05) is 13.1 Å². The van der Waals surface area contributed by atoms with Crippen molar-refractivity contribution >= 4 is 0 Å². The Kier molecular flexibility index (Phi) is 3.91. The third kappa shape index (κ3) is 2.80. The SMILES string of the molecule is CNC(Cc1cccc(F)c1)C1CCCO1. The van der Waals surface area contributed by atoms with E-state index in [0.717, 1.165) is 31.4 Å². The molecule has 2 rings (SSSR count). The van der Waals surface area contributed by atoms with E-state index in [9.17, 15) is 4.39 Å². The normalized spacial score (nSPS) is 22.2. The van der Waals surface area contributed by atoms with Crippen LogP contribution in [0.2, 0.25) is 0 Å². The van der Waals surface area contributed by atoms with Crippen molar-refractivity contribution in [2.24, 2.45) is 0 Å². The van der Waals surface area contributed by atoms with Gasteiger partial charge < -0.3 is 10.1 Å². The molecule has 0 amide bonds. The van der Waals surface area contributed by atoms with Crippen LogP contribution in [0.15, 0.2) is 24.3 Å². The maximum atomic E-state index is 13.0. The van der Waals surface area contributed by atoms with Gasteiger partial charge in [0.15, 0.2) is 0 Å². The predicted octanol–water partition coefficient (Wildman–Crippen LogP) is 2.14. The number of ether oxygens (including phenoxy) is 1. The van der Waals surface area contributed by atoms with Crippen LogP contribution in [0.25, 0.3) is 0 Å². The summed E-state index contributed by atoms with van der Waals surface area (Å²) in [6.45, 7) is 0.853. The van der Waals surface area contributed by atoms with Gasteiger partial charge in [0.25, 0.3) is 0 Å². The van der Waals surface area contributed by atoms with Gasteiger partial charge in [-0.3, -0.25) is 0 Å². The minimum Gasteiger partial charge on any atom is -0.377 e. The van der Waals surface area contributed by atoms with Gasteiger partial charge in [0.2, 0.25) is 0 Å². The molecule has 0 aromatic heterocycles. The lowest BCUT2D eigenvalue weighted by molar-refractivity contribution is 0.0808. The average Bonchev–Trinajstić information content (AvgIpc) is 2.79. The summed E-state index contributed by atoms with van der Waals surface area (Å²) >= 11 is 0. The topological polar surface area (TPSA) is 21.3 Å². The number of hydrogen-bond acceptors (Lipinski definition) is 2. The quantitative estimate of drug-likeness (QED) is 0.844. The zero-order chi connectivity index (χ0) is 11.4. The van der Waals surface area contributed by atoms with E-state index in [-0.39, 0.29) is 18.0 Å². The van der Waals surface area contributed by atoms with Crippen molar-refractivity contribution in [2.45, 2.75) is 31.4 Å². The summed E-state index contributed by atoms with van der Waals surface area (Å²) < 4.78 is 18.7. The molecule has 1 aliphatic rings. The van der Waals surface area contributed by atoms with Crippen LogP contribution in [-0.2, 0) is 11.2 Å². The summed E-state index contributed by atoms with van der Waals surface area (Å²) in [4.78, 5) is 0. The highest BCUT2D eigenvalue weighted by Crippen LogP contribution is 2.18. The van der Waals surface area contributed by atoms with Crippen LogP contribution in [0.3, 0.4) is 0 Å². The Morgan fingerprint density at radius 3 is 3.06 bits per heavy atom. The van der Waals surface area contributed by atoms with Gasteiger partial charge in [0, 0.05) is 12.6 Å². The molecule has 3 heteroatoms. The van der Waals surface area contributed by atoms with Gasteiger partial charge in [-0.2, -0.15) is 0 Å². The van der Waals surface area contributed by atoms with Gasteiger partial charge in [0.05, 0.1) is 6.10 Å². The van der Waals surface area contributed by atoms with Gasteiger partial charge in [-0.15, -0.1) is 0 Å². The molecule has 1 fully saturated rings. The van der Waals surface area contributed by atoms with Gasteiger partial charge in [-0.1, -0.05) is 12.1 Å². The average molecular weight is 223 g/mol. The Bertz CT molecular complexity index is 336. The lowest BCUT2D eigenvalue weighted by Crippen LogP contribution is -2.39. The summed E-state index contributed by atoms with van der Waals surface area (Å²) in [5, 5.41) is 3.26. The Labute approximate surface area is 95.8 Å². The fraction of sp³-hybridized carbons (Fsp3) is 0.538. The van der Waals surface area contributed by atoms with Crippen molar-refractivity contribution < 1.29 is 9.13 Å². The molecule has 1 aromatic carbocycles. The van der Waals surface area contributed by atoms with Crippen LogP contribution in [0.5, 0.6) is 0 Å². The first-order chi connectivity index (χ1) is 7.79. The molecule has 1 N–H and O–H groups in total. The van der Waals surface area contributed by atoms with Crippen LogP contribution in [0, 0.1) is 5.82 Å². The molecular formula is C13H18FNO. The van der Waals surface area contributed by atoms with Crippen molar-refractivity contribution in [1.82, 2.24) is 5.32 Å². The van der Waals surface area contributed by atoms with E-state index in [0.29, 0.717) is 0 Å².